The predicted molar refractivity (Wildman–Crippen MR) is 100.0 cm³/mol. The molecular formula is C20H13Cl3O. The van der Waals surface area contributed by atoms with Crippen LogP contribution in [0.3, 0.4) is 0 Å². The lowest BCUT2D eigenvalue weighted by Crippen LogP contribution is -1.97. The normalized spacial score (nSPS) is 16.2. The Kier molecular flexibility index (Phi) is 4.28. The summed E-state index contributed by atoms with van der Waals surface area (Å²) in [6, 6.07) is 19.9. The minimum Gasteiger partial charge on any atom is -0.364 e. The lowest BCUT2D eigenvalue weighted by atomic mass is 9.95. The van der Waals surface area contributed by atoms with Gasteiger partial charge in [0.25, 0.3) is 0 Å². The first-order valence-electron chi connectivity index (χ1n) is 7.57. The molecule has 0 amide bonds. The van der Waals surface area contributed by atoms with Gasteiger partial charge in [-0.2, -0.15) is 0 Å². The molecule has 1 aliphatic heterocycles. The average Bonchev–Trinajstić information content (AvgIpc) is 3.01. The fourth-order valence-electron chi connectivity index (χ4n) is 3.02. The molecule has 120 valence electrons. The Bertz CT molecular complexity index is 903. The maximum atomic E-state index is 6.13. The molecule has 3 aromatic carbocycles. The van der Waals surface area contributed by atoms with E-state index in [-0.39, 0.29) is 6.10 Å². The molecule has 0 spiro atoms. The minimum atomic E-state index is -0.0416. The smallest absolute Gasteiger partial charge is 0.108 e. The second-order valence-electron chi connectivity index (χ2n) is 5.79. The van der Waals surface area contributed by atoms with E-state index in [2.05, 4.69) is 18.2 Å². The number of fused-ring (bicyclic) bond motifs is 1. The minimum absolute atomic E-state index is 0.0416. The molecule has 0 saturated carbocycles. The van der Waals surface area contributed by atoms with Crippen molar-refractivity contribution in [3.05, 3.63) is 92.4 Å². The Hall–Kier alpha value is -1.51. The molecule has 1 nitrogen and oxygen atoms in total. The molecule has 0 radical (unpaired) electrons. The van der Waals surface area contributed by atoms with Crippen molar-refractivity contribution >= 4 is 34.8 Å². The van der Waals surface area contributed by atoms with Crippen LogP contribution >= 0.6 is 34.8 Å². The Morgan fingerprint density at radius 2 is 1.46 bits per heavy atom. The van der Waals surface area contributed by atoms with Gasteiger partial charge in [0.1, 0.15) is 6.10 Å². The van der Waals surface area contributed by atoms with Crippen LogP contribution in [0.5, 0.6) is 0 Å². The van der Waals surface area contributed by atoms with Crippen molar-refractivity contribution in [2.24, 2.45) is 0 Å². The summed E-state index contributed by atoms with van der Waals surface area (Å²) in [6.07, 6.45) is -0.0416. The van der Waals surface area contributed by atoms with Gasteiger partial charge in [0.15, 0.2) is 0 Å². The van der Waals surface area contributed by atoms with Crippen LogP contribution < -0.4 is 0 Å². The Morgan fingerprint density at radius 1 is 0.750 bits per heavy atom. The van der Waals surface area contributed by atoms with E-state index in [1.807, 2.05) is 42.5 Å². The zero-order valence-electron chi connectivity index (χ0n) is 12.6. The van der Waals surface area contributed by atoms with Crippen molar-refractivity contribution in [3.63, 3.8) is 0 Å². The van der Waals surface area contributed by atoms with Gasteiger partial charge in [-0.3, -0.25) is 0 Å². The summed E-state index contributed by atoms with van der Waals surface area (Å²) in [4.78, 5) is 0. The van der Waals surface area contributed by atoms with Gasteiger partial charge in [-0.15, -0.1) is 0 Å². The van der Waals surface area contributed by atoms with Crippen LogP contribution in [-0.2, 0) is 11.3 Å². The van der Waals surface area contributed by atoms with Crippen LogP contribution in [0.2, 0.25) is 15.1 Å². The maximum Gasteiger partial charge on any atom is 0.108 e. The number of benzene rings is 3. The van der Waals surface area contributed by atoms with Gasteiger partial charge in [0.05, 0.1) is 16.7 Å². The molecule has 0 saturated heterocycles. The maximum absolute atomic E-state index is 6.13. The van der Waals surface area contributed by atoms with Crippen LogP contribution in [0.25, 0.3) is 11.1 Å². The highest BCUT2D eigenvalue weighted by Crippen LogP contribution is 2.38. The molecule has 0 N–H and O–H groups in total. The van der Waals surface area contributed by atoms with Crippen LogP contribution in [0.4, 0.5) is 0 Å². The highest BCUT2D eigenvalue weighted by molar-refractivity contribution is 6.42. The molecule has 4 rings (SSSR count). The Labute approximate surface area is 155 Å². The first-order valence-corrected chi connectivity index (χ1v) is 8.70. The van der Waals surface area contributed by atoms with Gasteiger partial charge in [0, 0.05) is 5.02 Å². The second-order valence-corrected chi connectivity index (χ2v) is 7.04. The Morgan fingerprint density at radius 3 is 2.21 bits per heavy atom. The SMILES string of the molecule is Clc1ccc(C2OCc3cc(-c4ccc(Cl)c(Cl)c4)ccc32)cc1. The molecule has 3 aromatic rings. The molecule has 24 heavy (non-hydrogen) atoms. The van der Waals surface area contributed by atoms with Crippen LogP contribution in [0.1, 0.15) is 22.8 Å². The first-order chi connectivity index (χ1) is 11.6. The van der Waals surface area contributed by atoms with E-state index < -0.39 is 0 Å². The van der Waals surface area contributed by atoms with E-state index in [0.717, 1.165) is 21.7 Å². The summed E-state index contributed by atoms with van der Waals surface area (Å²) >= 11 is 18.1. The molecule has 1 aliphatic rings. The number of ether oxygens (including phenoxy) is 1. The van der Waals surface area contributed by atoms with E-state index >= 15 is 0 Å². The third kappa shape index (κ3) is 2.94. The number of rotatable bonds is 2. The van der Waals surface area contributed by atoms with Crippen molar-refractivity contribution in [1.82, 2.24) is 0 Å². The molecule has 1 unspecified atom stereocenters. The largest absolute Gasteiger partial charge is 0.364 e. The second kappa shape index (κ2) is 6.42. The van der Waals surface area contributed by atoms with E-state index in [1.165, 1.54) is 11.1 Å². The van der Waals surface area contributed by atoms with Gasteiger partial charge in [-0.25, -0.2) is 0 Å². The Balaban J connectivity index is 1.69. The van der Waals surface area contributed by atoms with E-state index in [4.69, 9.17) is 39.5 Å². The third-order valence-electron chi connectivity index (χ3n) is 4.26. The summed E-state index contributed by atoms with van der Waals surface area (Å²) in [5, 5.41) is 1.85. The van der Waals surface area contributed by atoms with Crippen molar-refractivity contribution in [2.45, 2.75) is 12.7 Å². The summed E-state index contributed by atoms with van der Waals surface area (Å²) < 4.78 is 5.99. The van der Waals surface area contributed by atoms with Gasteiger partial charge in [-0.1, -0.05) is 65.1 Å². The van der Waals surface area contributed by atoms with Gasteiger partial charge in [0.2, 0.25) is 0 Å². The molecule has 0 fully saturated rings. The molecule has 1 atom stereocenters. The molecule has 1 heterocycles. The standard InChI is InChI=1S/C20H13Cl3O/c21-16-5-1-12(2-6-16)20-17-7-3-13(9-15(17)11-24-20)14-4-8-18(22)19(23)10-14/h1-10,20H,11H2. The summed E-state index contributed by atoms with van der Waals surface area (Å²) in [5.41, 5.74) is 5.65. The summed E-state index contributed by atoms with van der Waals surface area (Å²) in [6.45, 7) is 0.595. The number of hydrogen-bond acceptors (Lipinski definition) is 1. The highest BCUT2D eigenvalue weighted by atomic mass is 35.5. The molecule has 4 heteroatoms. The topological polar surface area (TPSA) is 9.23 Å². The van der Waals surface area contributed by atoms with Gasteiger partial charge >= 0.3 is 0 Å². The monoisotopic (exact) mass is 374 g/mol. The zero-order chi connectivity index (χ0) is 16.7. The van der Waals surface area contributed by atoms with Gasteiger partial charge < -0.3 is 4.74 Å². The van der Waals surface area contributed by atoms with Crippen LogP contribution in [0.15, 0.2) is 60.7 Å². The molecule has 0 aliphatic carbocycles. The van der Waals surface area contributed by atoms with E-state index in [1.54, 1.807) is 0 Å². The third-order valence-corrected chi connectivity index (χ3v) is 5.25. The van der Waals surface area contributed by atoms with E-state index in [9.17, 15) is 0 Å². The quantitative estimate of drug-likeness (QED) is 0.471. The van der Waals surface area contributed by atoms with E-state index in [0.29, 0.717) is 16.7 Å². The number of hydrogen-bond donors (Lipinski definition) is 0. The zero-order valence-corrected chi connectivity index (χ0v) is 14.9. The fourth-order valence-corrected chi connectivity index (χ4v) is 3.44. The summed E-state index contributed by atoms with van der Waals surface area (Å²) in [7, 11) is 0. The first kappa shape index (κ1) is 16.0. The van der Waals surface area contributed by atoms with Crippen molar-refractivity contribution in [3.8, 4) is 11.1 Å². The lowest BCUT2D eigenvalue weighted by molar-refractivity contribution is 0.0939. The van der Waals surface area contributed by atoms with Crippen molar-refractivity contribution in [1.29, 1.82) is 0 Å². The number of halogens is 3. The van der Waals surface area contributed by atoms with Crippen LogP contribution in [0, 0.1) is 0 Å². The average molecular weight is 376 g/mol. The van der Waals surface area contributed by atoms with Crippen LogP contribution in [-0.4, -0.2) is 0 Å². The molecular weight excluding hydrogens is 363 g/mol. The predicted octanol–water partition coefficient (Wildman–Crippen LogP) is 6.93. The molecule has 0 aromatic heterocycles. The van der Waals surface area contributed by atoms with Gasteiger partial charge in [-0.05, 0) is 58.1 Å². The lowest BCUT2D eigenvalue weighted by Gasteiger charge is -2.12. The fraction of sp³-hybridized carbons (Fsp3) is 0.100. The summed E-state index contributed by atoms with van der Waals surface area (Å²) in [5.74, 6) is 0. The highest BCUT2D eigenvalue weighted by Gasteiger charge is 2.25. The van der Waals surface area contributed by atoms with Crippen molar-refractivity contribution in [2.75, 3.05) is 0 Å². The van der Waals surface area contributed by atoms with Crippen molar-refractivity contribution < 1.29 is 4.74 Å². The molecule has 0 bridgehead atoms.